The minimum absolute atomic E-state index is 0.280. The number of carbonyl (C=O) groups is 1. The summed E-state index contributed by atoms with van der Waals surface area (Å²) in [7, 11) is 0. The number of halogens is 3. The average molecular weight is 432 g/mol. The summed E-state index contributed by atoms with van der Waals surface area (Å²) in [6.07, 6.45) is -1.08. The van der Waals surface area contributed by atoms with Gasteiger partial charge in [-0.25, -0.2) is 9.78 Å². The summed E-state index contributed by atoms with van der Waals surface area (Å²) in [4.78, 5) is 23.2. The third kappa shape index (κ3) is 4.62. The first-order chi connectivity index (χ1) is 14.4. The lowest BCUT2D eigenvalue weighted by Gasteiger charge is -2.31. The molecule has 0 atom stereocenters. The molecule has 1 aliphatic heterocycles. The number of thiazole rings is 1. The molecule has 4 rings (SSSR count). The molecule has 0 radical (unpaired) electrons. The van der Waals surface area contributed by atoms with Gasteiger partial charge in [-0.1, -0.05) is 6.07 Å². The molecule has 30 heavy (non-hydrogen) atoms. The highest BCUT2D eigenvalue weighted by Crippen LogP contribution is 2.33. The number of piperidine rings is 1. The van der Waals surface area contributed by atoms with Gasteiger partial charge in [-0.3, -0.25) is 4.98 Å². The zero-order chi connectivity index (χ0) is 21.1. The van der Waals surface area contributed by atoms with Crippen molar-refractivity contribution in [3.63, 3.8) is 0 Å². The summed E-state index contributed by atoms with van der Waals surface area (Å²) in [6.45, 7) is 1.13. The van der Waals surface area contributed by atoms with Crippen LogP contribution in [0.15, 0.2) is 54.0 Å². The van der Waals surface area contributed by atoms with Crippen molar-refractivity contribution in [3.8, 4) is 11.4 Å². The lowest BCUT2D eigenvalue weighted by Crippen LogP contribution is -2.40. The summed E-state index contributed by atoms with van der Waals surface area (Å²) in [5, 5.41) is 5.71. The lowest BCUT2D eigenvalue weighted by molar-refractivity contribution is -0.137. The predicted molar refractivity (Wildman–Crippen MR) is 109 cm³/mol. The summed E-state index contributed by atoms with van der Waals surface area (Å²) >= 11 is 1.60. The number of anilines is 1. The quantitative estimate of drug-likeness (QED) is 0.583. The molecule has 1 N–H and O–H groups in total. The van der Waals surface area contributed by atoms with E-state index in [1.54, 1.807) is 22.4 Å². The minimum Gasteiger partial charge on any atom is -0.324 e. The highest BCUT2D eigenvalue weighted by molar-refractivity contribution is 7.10. The third-order valence-electron chi connectivity index (χ3n) is 5.04. The van der Waals surface area contributed by atoms with Crippen molar-refractivity contribution >= 4 is 23.1 Å². The van der Waals surface area contributed by atoms with Crippen LogP contribution in [0.5, 0.6) is 0 Å². The molecule has 1 aliphatic rings. The summed E-state index contributed by atoms with van der Waals surface area (Å²) in [6, 6.07) is 9.86. The molecule has 2 amide bonds. The Hall–Kier alpha value is -2.94. The molecule has 9 heteroatoms. The number of benzene rings is 1. The van der Waals surface area contributed by atoms with Gasteiger partial charge in [0.05, 0.1) is 22.0 Å². The Kier molecular flexibility index (Phi) is 5.72. The zero-order valence-corrected chi connectivity index (χ0v) is 16.7. The van der Waals surface area contributed by atoms with E-state index in [0.717, 1.165) is 41.4 Å². The molecular weight excluding hydrogens is 413 g/mol. The van der Waals surface area contributed by atoms with Gasteiger partial charge >= 0.3 is 12.2 Å². The monoisotopic (exact) mass is 432 g/mol. The Labute approximate surface area is 175 Å². The molecular formula is C21H19F3N4OS. The number of likely N-dealkylation sites (tertiary alicyclic amines) is 1. The maximum absolute atomic E-state index is 12.6. The number of urea groups is 1. The Morgan fingerprint density at radius 3 is 2.43 bits per heavy atom. The Morgan fingerprint density at radius 2 is 1.80 bits per heavy atom. The lowest BCUT2D eigenvalue weighted by atomic mass is 9.98. The Bertz CT molecular complexity index is 997. The van der Waals surface area contributed by atoms with E-state index < -0.39 is 11.7 Å². The van der Waals surface area contributed by atoms with Crippen LogP contribution in [-0.4, -0.2) is 34.0 Å². The van der Waals surface area contributed by atoms with E-state index in [4.69, 9.17) is 4.98 Å². The highest BCUT2D eigenvalue weighted by atomic mass is 32.1. The van der Waals surface area contributed by atoms with Gasteiger partial charge in [0.1, 0.15) is 0 Å². The second-order valence-corrected chi connectivity index (χ2v) is 7.94. The molecule has 0 unspecified atom stereocenters. The smallest absolute Gasteiger partial charge is 0.324 e. The van der Waals surface area contributed by atoms with Crippen LogP contribution in [-0.2, 0) is 6.18 Å². The standard InChI is InChI=1S/C21H19F3N4OS/c22-21(23,24)15-4-6-16(7-5-15)26-20(29)28-11-8-14(9-12-28)19-27-18(13-30-19)17-3-1-2-10-25-17/h1-7,10,13-14H,8-9,11-12H2,(H,26,29). The normalized spacial score (nSPS) is 15.2. The fourth-order valence-electron chi connectivity index (χ4n) is 3.38. The second kappa shape index (κ2) is 8.43. The maximum Gasteiger partial charge on any atom is 0.416 e. The van der Waals surface area contributed by atoms with Gasteiger partial charge in [-0.15, -0.1) is 11.3 Å². The fraction of sp³-hybridized carbons (Fsp3) is 0.286. The Balaban J connectivity index is 1.32. The van der Waals surface area contributed by atoms with Gasteiger partial charge < -0.3 is 10.2 Å². The van der Waals surface area contributed by atoms with Crippen molar-refractivity contribution in [2.45, 2.75) is 24.9 Å². The largest absolute Gasteiger partial charge is 0.416 e. The molecule has 1 saturated heterocycles. The number of alkyl halides is 3. The Morgan fingerprint density at radius 1 is 1.07 bits per heavy atom. The molecule has 1 fully saturated rings. The van der Waals surface area contributed by atoms with Gasteiger partial charge in [0.25, 0.3) is 0 Å². The van der Waals surface area contributed by atoms with E-state index in [9.17, 15) is 18.0 Å². The van der Waals surface area contributed by atoms with E-state index >= 15 is 0 Å². The van der Waals surface area contributed by atoms with Crippen molar-refractivity contribution < 1.29 is 18.0 Å². The summed E-state index contributed by atoms with van der Waals surface area (Å²) in [5.74, 6) is 0.280. The van der Waals surface area contributed by atoms with Crippen LogP contribution >= 0.6 is 11.3 Å². The molecule has 3 heterocycles. The molecule has 5 nitrogen and oxygen atoms in total. The van der Waals surface area contributed by atoms with E-state index in [2.05, 4.69) is 10.3 Å². The molecule has 2 aromatic heterocycles. The number of hydrogen-bond acceptors (Lipinski definition) is 4. The SMILES string of the molecule is O=C(Nc1ccc(C(F)(F)F)cc1)N1CCC(c2nc(-c3ccccn3)cs2)CC1. The molecule has 0 spiro atoms. The summed E-state index contributed by atoms with van der Waals surface area (Å²) < 4.78 is 37.9. The van der Waals surface area contributed by atoms with Crippen LogP contribution in [0.1, 0.15) is 29.3 Å². The first kappa shape index (κ1) is 20.3. The molecule has 0 bridgehead atoms. The van der Waals surface area contributed by atoms with E-state index in [1.807, 2.05) is 23.6 Å². The van der Waals surface area contributed by atoms with Crippen molar-refractivity contribution in [3.05, 3.63) is 64.6 Å². The summed E-state index contributed by atoms with van der Waals surface area (Å²) in [5.41, 5.74) is 1.30. The second-order valence-electron chi connectivity index (χ2n) is 7.05. The predicted octanol–water partition coefficient (Wildman–Crippen LogP) is 5.64. The van der Waals surface area contributed by atoms with Crippen molar-refractivity contribution in [1.29, 1.82) is 0 Å². The van der Waals surface area contributed by atoms with Crippen LogP contribution < -0.4 is 5.32 Å². The van der Waals surface area contributed by atoms with Gasteiger partial charge in [0.2, 0.25) is 0 Å². The molecule has 1 aromatic carbocycles. The first-order valence-electron chi connectivity index (χ1n) is 9.50. The number of aromatic nitrogens is 2. The average Bonchev–Trinajstić information content (AvgIpc) is 3.24. The van der Waals surface area contributed by atoms with Gasteiger partial charge in [-0.2, -0.15) is 13.2 Å². The number of carbonyl (C=O) groups excluding carboxylic acids is 1. The number of nitrogens with one attached hydrogen (secondary N) is 1. The molecule has 3 aromatic rings. The number of pyridine rings is 1. The van der Waals surface area contributed by atoms with Crippen LogP contribution in [0.25, 0.3) is 11.4 Å². The maximum atomic E-state index is 12.6. The van der Waals surface area contributed by atoms with Crippen molar-refractivity contribution in [2.75, 3.05) is 18.4 Å². The zero-order valence-electron chi connectivity index (χ0n) is 15.9. The van der Waals surface area contributed by atoms with E-state index in [1.165, 1.54) is 12.1 Å². The van der Waals surface area contributed by atoms with Crippen LogP contribution in [0.4, 0.5) is 23.7 Å². The van der Waals surface area contributed by atoms with Gasteiger partial charge in [-0.05, 0) is 49.2 Å². The fourth-order valence-corrected chi connectivity index (χ4v) is 4.37. The first-order valence-corrected chi connectivity index (χ1v) is 10.4. The number of hydrogen-bond donors (Lipinski definition) is 1. The number of amides is 2. The van der Waals surface area contributed by atoms with Gasteiger partial charge in [0, 0.05) is 36.3 Å². The van der Waals surface area contributed by atoms with Crippen LogP contribution in [0.3, 0.4) is 0 Å². The van der Waals surface area contributed by atoms with Crippen molar-refractivity contribution in [2.24, 2.45) is 0 Å². The van der Waals surface area contributed by atoms with E-state index in [-0.39, 0.29) is 11.9 Å². The minimum atomic E-state index is -4.39. The number of nitrogens with zero attached hydrogens (tertiary/aromatic N) is 3. The topological polar surface area (TPSA) is 58.1 Å². The van der Waals surface area contributed by atoms with Crippen LogP contribution in [0, 0.1) is 0 Å². The molecule has 156 valence electrons. The van der Waals surface area contributed by atoms with Crippen LogP contribution in [0.2, 0.25) is 0 Å². The highest BCUT2D eigenvalue weighted by Gasteiger charge is 2.30. The number of rotatable bonds is 3. The molecule has 0 saturated carbocycles. The van der Waals surface area contributed by atoms with Gasteiger partial charge in [0.15, 0.2) is 0 Å². The van der Waals surface area contributed by atoms with Crippen molar-refractivity contribution in [1.82, 2.24) is 14.9 Å². The molecule has 0 aliphatic carbocycles. The van der Waals surface area contributed by atoms with E-state index in [0.29, 0.717) is 18.8 Å². The third-order valence-corrected chi connectivity index (χ3v) is 6.05.